The van der Waals surface area contributed by atoms with E-state index < -0.39 is 12.0 Å². The van der Waals surface area contributed by atoms with E-state index in [-0.39, 0.29) is 5.69 Å². The Morgan fingerprint density at radius 2 is 1.83 bits per heavy atom. The third kappa shape index (κ3) is 4.94. The molecule has 35 heavy (non-hydrogen) atoms. The van der Waals surface area contributed by atoms with Gasteiger partial charge in [-0.25, -0.2) is 15.0 Å². The summed E-state index contributed by atoms with van der Waals surface area (Å²) >= 11 is 0. The largest absolute Gasteiger partial charge is 0.464 e. The lowest BCUT2D eigenvalue weighted by Crippen LogP contribution is -2.43. The summed E-state index contributed by atoms with van der Waals surface area (Å²) in [6.45, 7) is 3.56. The molecule has 0 saturated carbocycles. The monoisotopic (exact) mass is 474 g/mol. The van der Waals surface area contributed by atoms with Crippen LogP contribution in [-0.2, 0) is 9.47 Å². The van der Waals surface area contributed by atoms with Crippen LogP contribution in [0.1, 0.15) is 35.3 Å². The molecule has 0 bridgehead atoms. The van der Waals surface area contributed by atoms with Crippen molar-refractivity contribution < 1.29 is 19.1 Å². The number of hydrogen-bond donors (Lipinski definition) is 2. The second-order valence-electron chi connectivity index (χ2n) is 8.83. The lowest BCUT2D eigenvalue weighted by Gasteiger charge is -2.35. The highest BCUT2D eigenvalue weighted by Gasteiger charge is 2.23. The molecule has 1 saturated heterocycles. The number of urea groups is 1. The predicted octanol–water partition coefficient (Wildman–Crippen LogP) is 4.47. The number of benzene rings is 2. The number of fused-ring (bicyclic) bond motifs is 1. The molecule has 1 unspecified atom stereocenters. The molecule has 8 heteroatoms. The third-order valence-electron chi connectivity index (χ3n) is 6.74. The fourth-order valence-electron chi connectivity index (χ4n) is 5.02. The number of methoxy groups -OCH3 is 1. The van der Waals surface area contributed by atoms with Crippen LogP contribution in [0.15, 0.2) is 60.8 Å². The van der Waals surface area contributed by atoms with Crippen LogP contribution >= 0.6 is 0 Å². The molecule has 2 amide bonds. The molecule has 1 aliphatic carbocycles. The van der Waals surface area contributed by atoms with Crippen LogP contribution in [0.5, 0.6) is 0 Å². The zero-order valence-electron chi connectivity index (χ0n) is 19.8. The molecule has 2 aliphatic rings. The number of carbonyl (C=O) groups is 2. The first kappa shape index (κ1) is 23.1. The van der Waals surface area contributed by atoms with Crippen LogP contribution in [0.4, 0.5) is 10.5 Å². The smallest absolute Gasteiger partial charge is 0.356 e. The Morgan fingerprint density at radius 3 is 2.63 bits per heavy atom. The highest BCUT2D eigenvalue weighted by atomic mass is 16.5. The van der Waals surface area contributed by atoms with Gasteiger partial charge in [0, 0.05) is 30.7 Å². The number of anilines is 1. The number of ether oxygens (including phenoxy) is 2. The second kappa shape index (κ2) is 10.3. The van der Waals surface area contributed by atoms with Gasteiger partial charge in [-0.1, -0.05) is 36.4 Å². The number of nitrogens with zero attached hydrogens (tertiary/aromatic N) is 2. The van der Waals surface area contributed by atoms with E-state index in [1.807, 2.05) is 24.3 Å². The number of amides is 2. The molecular weight excluding hydrogens is 444 g/mol. The number of rotatable bonds is 5. The van der Waals surface area contributed by atoms with Gasteiger partial charge in [-0.15, -0.1) is 0 Å². The zero-order valence-corrected chi connectivity index (χ0v) is 19.8. The third-order valence-corrected chi connectivity index (χ3v) is 6.74. The van der Waals surface area contributed by atoms with Crippen LogP contribution in [0.3, 0.4) is 0 Å². The summed E-state index contributed by atoms with van der Waals surface area (Å²) in [7, 11) is 1.30. The van der Waals surface area contributed by atoms with Crippen molar-refractivity contribution in [2.75, 3.05) is 44.2 Å². The first-order valence-corrected chi connectivity index (χ1v) is 12.0. The zero-order chi connectivity index (χ0) is 24.2. The van der Waals surface area contributed by atoms with Gasteiger partial charge < -0.3 is 14.8 Å². The van der Waals surface area contributed by atoms with Crippen LogP contribution in [0, 0.1) is 0 Å². The summed E-state index contributed by atoms with van der Waals surface area (Å²) < 4.78 is 11.6. The summed E-state index contributed by atoms with van der Waals surface area (Å²) in [6, 6.07) is 15.4. The van der Waals surface area contributed by atoms with E-state index in [1.54, 1.807) is 18.3 Å². The second-order valence-corrected chi connectivity index (χ2v) is 8.83. The lowest BCUT2D eigenvalue weighted by molar-refractivity contribution is 0.0234. The Labute approximate surface area is 204 Å². The van der Waals surface area contributed by atoms with Gasteiger partial charge in [0.25, 0.3) is 0 Å². The lowest BCUT2D eigenvalue weighted by atomic mass is 9.87. The van der Waals surface area contributed by atoms with Crippen molar-refractivity contribution in [2.24, 2.45) is 0 Å². The minimum atomic E-state index is -0.527. The molecule has 1 aromatic heterocycles. The first-order chi connectivity index (χ1) is 17.1. The number of allylic oxidation sites excluding steroid dienone is 1. The van der Waals surface area contributed by atoms with E-state index in [2.05, 4.69) is 33.9 Å². The van der Waals surface area contributed by atoms with Gasteiger partial charge in [0.2, 0.25) is 0 Å². The van der Waals surface area contributed by atoms with Gasteiger partial charge >= 0.3 is 12.0 Å². The fraction of sp³-hybridized carbons (Fsp3) is 0.333. The maximum Gasteiger partial charge on any atom is 0.356 e. The number of morpholine rings is 1. The van der Waals surface area contributed by atoms with Gasteiger partial charge in [-0.3, -0.25) is 9.58 Å². The molecule has 1 atom stereocenters. The Balaban J connectivity index is 1.39. The Hall–Kier alpha value is -3.62. The van der Waals surface area contributed by atoms with Crippen molar-refractivity contribution in [1.29, 1.82) is 0 Å². The molecule has 0 spiro atoms. The predicted molar refractivity (Wildman–Crippen MR) is 136 cm³/mol. The summed E-state index contributed by atoms with van der Waals surface area (Å²) in [6.07, 6.45) is 7.39. The molecule has 2 heterocycles. The van der Waals surface area contributed by atoms with Gasteiger partial charge in [0.15, 0.2) is 0 Å². The minimum Gasteiger partial charge on any atom is -0.464 e. The summed E-state index contributed by atoms with van der Waals surface area (Å²) in [5.74, 6) is -0.527. The van der Waals surface area contributed by atoms with Crippen LogP contribution in [0.25, 0.3) is 16.3 Å². The van der Waals surface area contributed by atoms with Gasteiger partial charge in [0.05, 0.1) is 26.0 Å². The van der Waals surface area contributed by atoms with Crippen molar-refractivity contribution >= 4 is 34.0 Å². The van der Waals surface area contributed by atoms with E-state index in [4.69, 9.17) is 9.47 Å². The van der Waals surface area contributed by atoms with E-state index >= 15 is 0 Å². The Bertz CT molecular complexity index is 1260. The molecule has 8 nitrogen and oxygen atoms in total. The number of nitrogens with one attached hydrogen (secondary N) is 2. The molecule has 2 aromatic carbocycles. The molecule has 3 aromatic rings. The van der Waals surface area contributed by atoms with Crippen LogP contribution in [0.2, 0.25) is 0 Å². The maximum atomic E-state index is 12.8. The van der Waals surface area contributed by atoms with Crippen molar-refractivity contribution in [1.82, 2.24) is 9.58 Å². The van der Waals surface area contributed by atoms with Crippen LogP contribution in [-0.4, -0.2) is 61.0 Å². The average Bonchev–Trinajstić information content (AvgIpc) is 3.37. The van der Waals surface area contributed by atoms with Gasteiger partial charge in [-0.05, 0) is 54.0 Å². The number of aromatic nitrogens is 1. The van der Waals surface area contributed by atoms with E-state index in [1.165, 1.54) is 29.3 Å². The number of hydrogen-bond acceptors (Lipinski definition) is 5. The minimum absolute atomic E-state index is 0.238. The van der Waals surface area contributed by atoms with Crippen LogP contribution < -0.4 is 10.7 Å². The standard InChI is InChI=1S/C27H30N4O4/c1-34-26(32)25-10-5-13-31(25)29-27(33)28-24-12-11-21(22-8-2-3-9-23(22)24)19-6-4-7-20(18-19)30-14-16-35-17-15-30/h2-3,5,8-13,18,20H,4,6-7,14-17H2,1H3,(H2,28,29,33). The van der Waals surface area contributed by atoms with Crippen molar-refractivity contribution in [2.45, 2.75) is 25.3 Å². The normalized spacial score (nSPS) is 18.7. The van der Waals surface area contributed by atoms with E-state index in [0.717, 1.165) is 49.9 Å². The molecular formula is C27H30N4O4. The average molecular weight is 475 g/mol. The Kier molecular flexibility index (Phi) is 6.83. The molecule has 1 aliphatic heterocycles. The molecule has 182 valence electrons. The highest BCUT2D eigenvalue weighted by Crippen LogP contribution is 2.36. The maximum absolute atomic E-state index is 12.8. The summed E-state index contributed by atoms with van der Waals surface area (Å²) in [5.41, 5.74) is 6.19. The molecule has 5 rings (SSSR count). The number of carbonyl (C=O) groups excluding carboxylic acids is 2. The van der Waals surface area contributed by atoms with Gasteiger partial charge in [0.1, 0.15) is 5.69 Å². The summed E-state index contributed by atoms with van der Waals surface area (Å²) in [5, 5.41) is 5.01. The first-order valence-electron chi connectivity index (χ1n) is 12.0. The molecule has 0 radical (unpaired) electrons. The van der Waals surface area contributed by atoms with Crippen molar-refractivity contribution in [3.05, 3.63) is 72.1 Å². The van der Waals surface area contributed by atoms with E-state index in [9.17, 15) is 9.59 Å². The number of esters is 1. The topological polar surface area (TPSA) is 84.8 Å². The molecule has 2 N–H and O–H groups in total. The summed E-state index contributed by atoms with van der Waals surface area (Å²) in [4.78, 5) is 27.2. The van der Waals surface area contributed by atoms with E-state index in [0.29, 0.717) is 11.7 Å². The van der Waals surface area contributed by atoms with Crippen molar-refractivity contribution in [3.8, 4) is 0 Å². The fourth-order valence-corrected chi connectivity index (χ4v) is 5.02. The molecule has 1 fully saturated rings. The van der Waals surface area contributed by atoms with Gasteiger partial charge in [-0.2, -0.15) is 0 Å². The Morgan fingerprint density at radius 1 is 1.03 bits per heavy atom. The SMILES string of the molecule is COC(=O)c1cccn1NC(=O)Nc1ccc(C2=CC(N3CCOCC3)CCC2)c2ccccc12. The van der Waals surface area contributed by atoms with Crippen molar-refractivity contribution in [3.63, 3.8) is 0 Å². The highest BCUT2D eigenvalue weighted by molar-refractivity contribution is 6.07. The quantitative estimate of drug-likeness (QED) is 0.533.